The van der Waals surface area contributed by atoms with E-state index >= 15 is 0 Å². The maximum absolute atomic E-state index is 10.9. The van der Waals surface area contributed by atoms with Crippen LogP contribution in [-0.4, -0.2) is 24.3 Å². The summed E-state index contributed by atoms with van der Waals surface area (Å²) in [5.41, 5.74) is 2.00. The first-order chi connectivity index (χ1) is 10.2. The Morgan fingerprint density at radius 2 is 1.71 bits per heavy atom. The van der Waals surface area contributed by atoms with Crippen molar-refractivity contribution in [2.24, 2.45) is 0 Å². The van der Waals surface area contributed by atoms with Crippen LogP contribution in [0.1, 0.15) is 11.1 Å². The average molecular weight is 286 g/mol. The predicted molar refractivity (Wildman–Crippen MR) is 79.4 cm³/mol. The van der Waals surface area contributed by atoms with Gasteiger partial charge in [0.25, 0.3) is 0 Å². The Morgan fingerprint density at radius 3 is 2.29 bits per heavy atom. The molecule has 0 radical (unpaired) electrons. The van der Waals surface area contributed by atoms with Gasteiger partial charge in [0.1, 0.15) is 12.4 Å². The van der Waals surface area contributed by atoms with Crippen molar-refractivity contribution in [3.05, 3.63) is 65.7 Å². The van der Waals surface area contributed by atoms with Crippen LogP contribution in [0.5, 0.6) is 5.75 Å². The third-order valence-electron chi connectivity index (χ3n) is 3.15. The maximum Gasteiger partial charge on any atom is 0.333 e. The molecule has 0 aliphatic heterocycles. The second-order valence-corrected chi connectivity index (χ2v) is 4.68. The number of carboxylic acid groups (broad SMARTS) is 1. The van der Waals surface area contributed by atoms with Crippen LogP contribution < -0.4 is 4.74 Å². The van der Waals surface area contributed by atoms with Crippen LogP contribution in [-0.2, 0) is 22.6 Å². The summed E-state index contributed by atoms with van der Waals surface area (Å²) < 4.78 is 10.6. The Morgan fingerprint density at radius 1 is 1.05 bits per heavy atom. The molecule has 2 rings (SSSR count). The van der Waals surface area contributed by atoms with Gasteiger partial charge < -0.3 is 14.6 Å². The molecule has 2 aromatic rings. The molecule has 1 N–H and O–H groups in total. The quantitative estimate of drug-likeness (QED) is 0.850. The molecule has 0 spiro atoms. The smallest absolute Gasteiger partial charge is 0.333 e. The fraction of sp³-hybridized carbons (Fsp3) is 0.235. The van der Waals surface area contributed by atoms with Crippen LogP contribution in [0.15, 0.2) is 54.6 Å². The van der Waals surface area contributed by atoms with Crippen LogP contribution >= 0.6 is 0 Å². The van der Waals surface area contributed by atoms with Crippen molar-refractivity contribution < 1.29 is 19.4 Å². The van der Waals surface area contributed by atoms with E-state index in [0.717, 1.165) is 16.9 Å². The molecule has 2 aromatic carbocycles. The summed E-state index contributed by atoms with van der Waals surface area (Å²) in [5, 5.41) is 8.95. The summed E-state index contributed by atoms with van der Waals surface area (Å²) in [5.74, 6) is -0.200. The first-order valence-corrected chi connectivity index (χ1v) is 6.70. The lowest BCUT2D eigenvalue weighted by atomic mass is 10.1. The zero-order valence-electron chi connectivity index (χ0n) is 11.9. The summed E-state index contributed by atoms with van der Waals surface area (Å²) in [6.07, 6.45) is -0.480. The van der Waals surface area contributed by atoms with Gasteiger partial charge in [0.05, 0.1) is 0 Å². The van der Waals surface area contributed by atoms with Crippen LogP contribution in [0.25, 0.3) is 0 Å². The molecular formula is C17H18O4. The van der Waals surface area contributed by atoms with E-state index in [4.69, 9.17) is 14.6 Å². The van der Waals surface area contributed by atoms with Crippen LogP contribution in [0.3, 0.4) is 0 Å². The molecule has 110 valence electrons. The van der Waals surface area contributed by atoms with Crippen molar-refractivity contribution >= 4 is 5.97 Å². The van der Waals surface area contributed by atoms with Gasteiger partial charge in [0, 0.05) is 13.5 Å². The Balaban J connectivity index is 1.91. The highest BCUT2D eigenvalue weighted by molar-refractivity contribution is 5.72. The van der Waals surface area contributed by atoms with E-state index < -0.39 is 12.1 Å². The third kappa shape index (κ3) is 4.61. The molecule has 4 nitrogen and oxygen atoms in total. The van der Waals surface area contributed by atoms with Crippen molar-refractivity contribution in [2.45, 2.75) is 19.1 Å². The number of rotatable bonds is 7. The zero-order valence-corrected chi connectivity index (χ0v) is 11.9. The van der Waals surface area contributed by atoms with Gasteiger partial charge in [-0.1, -0.05) is 42.5 Å². The van der Waals surface area contributed by atoms with E-state index in [2.05, 4.69) is 0 Å². The molecule has 0 saturated carbocycles. The molecule has 0 amide bonds. The molecule has 21 heavy (non-hydrogen) atoms. The van der Waals surface area contributed by atoms with E-state index in [1.165, 1.54) is 7.11 Å². The molecule has 0 aliphatic rings. The molecule has 0 fully saturated rings. The van der Waals surface area contributed by atoms with Crippen molar-refractivity contribution in [1.82, 2.24) is 0 Å². The van der Waals surface area contributed by atoms with E-state index in [1.54, 1.807) is 0 Å². The van der Waals surface area contributed by atoms with Crippen molar-refractivity contribution in [2.75, 3.05) is 7.11 Å². The summed E-state index contributed by atoms with van der Waals surface area (Å²) in [7, 11) is 1.40. The lowest BCUT2D eigenvalue weighted by molar-refractivity contribution is -0.148. The van der Waals surface area contributed by atoms with Crippen molar-refractivity contribution in [3.63, 3.8) is 0 Å². The van der Waals surface area contributed by atoms with Gasteiger partial charge in [-0.25, -0.2) is 4.79 Å². The van der Waals surface area contributed by atoms with Gasteiger partial charge in [-0.05, 0) is 23.3 Å². The molecule has 0 unspecified atom stereocenters. The lowest BCUT2D eigenvalue weighted by Gasteiger charge is -2.11. The van der Waals surface area contributed by atoms with Crippen LogP contribution in [0.2, 0.25) is 0 Å². The predicted octanol–water partition coefficient (Wildman–Crippen LogP) is 2.91. The van der Waals surface area contributed by atoms with E-state index in [9.17, 15) is 4.79 Å². The first kappa shape index (κ1) is 15.1. The average Bonchev–Trinajstić information content (AvgIpc) is 2.52. The minimum atomic E-state index is -0.957. The highest BCUT2D eigenvalue weighted by Gasteiger charge is 2.16. The fourth-order valence-electron chi connectivity index (χ4n) is 1.95. The number of benzene rings is 2. The number of hydrogen-bond acceptors (Lipinski definition) is 3. The maximum atomic E-state index is 10.9. The van der Waals surface area contributed by atoms with Gasteiger partial charge in [0.15, 0.2) is 6.10 Å². The second kappa shape index (κ2) is 7.45. The largest absolute Gasteiger partial charge is 0.489 e. The molecule has 0 saturated heterocycles. The molecule has 0 bridgehead atoms. The number of ether oxygens (including phenoxy) is 2. The summed E-state index contributed by atoms with van der Waals surface area (Å²) in [4.78, 5) is 10.9. The monoisotopic (exact) mass is 286 g/mol. The summed E-state index contributed by atoms with van der Waals surface area (Å²) in [6, 6.07) is 17.3. The highest BCUT2D eigenvalue weighted by atomic mass is 16.5. The van der Waals surface area contributed by atoms with Gasteiger partial charge >= 0.3 is 5.97 Å². The molecule has 0 heterocycles. The third-order valence-corrected chi connectivity index (χ3v) is 3.15. The second-order valence-electron chi connectivity index (χ2n) is 4.68. The normalized spacial score (nSPS) is 11.9. The SMILES string of the molecule is CO[C@@H](Cc1ccc(OCc2ccccc2)cc1)C(=O)O. The molecule has 4 heteroatoms. The molecular weight excluding hydrogens is 268 g/mol. The van der Waals surface area contributed by atoms with Crippen LogP contribution in [0.4, 0.5) is 0 Å². The Hall–Kier alpha value is -2.33. The topological polar surface area (TPSA) is 55.8 Å². The highest BCUT2D eigenvalue weighted by Crippen LogP contribution is 2.16. The van der Waals surface area contributed by atoms with Gasteiger partial charge in [-0.15, -0.1) is 0 Å². The fourth-order valence-corrected chi connectivity index (χ4v) is 1.95. The number of hydrogen-bond donors (Lipinski definition) is 1. The minimum Gasteiger partial charge on any atom is -0.489 e. The van der Waals surface area contributed by atoms with E-state index in [0.29, 0.717) is 13.0 Å². The Kier molecular flexibility index (Phi) is 5.35. The van der Waals surface area contributed by atoms with E-state index in [1.807, 2.05) is 54.6 Å². The number of methoxy groups -OCH3 is 1. The van der Waals surface area contributed by atoms with E-state index in [-0.39, 0.29) is 0 Å². The standard InChI is InChI=1S/C17H18O4/c1-20-16(17(18)19)11-13-7-9-15(10-8-13)21-12-14-5-3-2-4-6-14/h2-10,16H,11-12H2,1H3,(H,18,19)/t16-/m0/s1. The summed E-state index contributed by atoms with van der Waals surface area (Å²) >= 11 is 0. The Bertz CT molecular complexity index is 563. The van der Waals surface area contributed by atoms with Crippen molar-refractivity contribution in [3.8, 4) is 5.75 Å². The lowest BCUT2D eigenvalue weighted by Crippen LogP contribution is -2.24. The summed E-state index contributed by atoms with van der Waals surface area (Å²) in [6.45, 7) is 0.510. The number of aliphatic carboxylic acids is 1. The zero-order chi connectivity index (χ0) is 15.1. The molecule has 0 aliphatic carbocycles. The number of carbonyl (C=O) groups is 1. The molecule has 0 aromatic heterocycles. The number of carboxylic acids is 1. The van der Waals surface area contributed by atoms with Crippen molar-refractivity contribution in [1.29, 1.82) is 0 Å². The first-order valence-electron chi connectivity index (χ1n) is 6.70. The van der Waals surface area contributed by atoms with Crippen LogP contribution in [0, 0.1) is 0 Å². The minimum absolute atomic E-state index is 0.338. The van der Waals surface area contributed by atoms with Gasteiger partial charge in [0.2, 0.25) is 0 Å². The van der Waals surface area contributed by atoms with Gasteiger partial charge in [-0.3, -0.25) is 0 Å². The molecule has 1 atom stereocenters. The Labute approximate surface area is 123 Å². The van der Waals surface area contributed by atoms with Gasteiger partial charge in [-0.2, -0.15) is 0 Å².